The predicted octanol–water partition coefficient (Wildman–Crippen LogP) is 3.41. The number of benzene rings is 1. The van der Waals surface area contributed by atoms with Crippen LogP contribution >= 0.6 is 11.8 Å². The predicted molar refractivity (Wildman–Crippen MR) is 73.9 cm³/mol. The van der Waals surface area contributed by atoms with E-state index < -0.39 is 0 Å². The van der Waals surface area contributed by atoms with Crippen molar-refractivity contribution >= 4 is 11.8 Å². The van der Waals surface area contributed by atoms with Crippen molar-refractivity contribution in [3.8, 4) is 5.75 Å². The molecule has 2 nitrogen and oxygen atoms in total. The lowest BCUT2D eigenvalue weighted by atomic mass is 10.2. The lowest BCUT2D eigenvalue weighted by molar-refractivity contribution is 0.305. The number of halogens is 1. The molecule has 1 atom stereocenters. The number of likely N-dealkylation sites (tertiary alicyclic amines) is 1. The zero-order valence-electron chi connectivity index (χ0n) is 11.0. The maximum atomic E-state index is 13.5. The standard InChI is InChI=1S/C14H20FNOS/c1-16-8-3-4-11(16)7-9-18-12-5-6-14(17-2)13(15)10-12/h5-6,10-11H,3-4,7-9H2,1-2H3. The third kappa shape index (κ3) is 3.39. The summed E-state index contributed by atoms with van der Waals surface area (Å²) in [6, 6.07) is 5.88. The van der Waals surface area contributed by atoms with Crippen LogP contribution in [0.25, 0.3) is 0 Å². The fourth-order valence-electron chi connectivity index (χ4n) is 2.39. The molecule has 0 bridgehead atoms. The normalized spacial score (nSPS) is 20.3. The highest BCUT2D eigenvalue weighted by molar-refractivity contribution is 7.99. The highest BCUT2D eigenvalue weighted by Crippen LogP contribution is 2.27. The number of hydrogen-bond acceptors (Lipinski definition) is 3. The highest BCUT2D eigenvalue weighted by atomic mass is 32.2. The second kappa shape index (κ2) is 6.43. The van der Waals surface area contributed by atoms with Gasteiger partial charge in [0.1, 0.15) is 0 Å². The zero-order valence-corrected chi connectivity index (χ0v) is 11.8. The summed E-state index contributed by atoms with van der Waals surface area (Å²) in [7, 11) is 3.68. The van der Waals surface area contributed by atoms with Gasteiger partial charge in [-0.05, 0) is 56.8 Å². The monoisotopic (exact) mass is 269 g/mol. The van der Waals surface area contributed by atoms with Crippen LogP contribution in [-0.2, 0) is 0 Å². The molecule has 0 amide bonds. The smallest absolute Gasteiger partial charge is 0.166 e. The molecule has 0 N–H and O–H groups in total. The molecule has 18 heavy (non-hydrogen) atoms. The van der Waals surface area contributed by atoms with E-state index in [1.54, 1.807) is 23.9 Å². The van der Waals surface area contributed by atoms with Crippen molar-refractivity contribution < 1.29 is 9.13 Å². The Hall–Kier alpha value is -0.740. The Labute approximate surface area is 113 Å². The molecule has 2 rings (SSSR count). The summed E-state index contributed by atoms with van der Waals surface area (Å²) in [6.45, 7) is 1.21. The summed E-state index contributed by atoms with van der Waals surface area (Å²) < 4.78 is 18.4. The van der Waals surface area contributed by atoms with Crippen molar-refractivity contribution in [3.05, 3.63) is 24.0 Å². The lowest BCUT2D eigenvalue weighted by Crippen LogP contribution is -2.25. The molecule has 1 unspecified atom stereocenters. The van der Waals surface area contributed by atoms with Crippen LogP contribution in [-0.4, -0.2) is 37.4 Å². The van der Waals surface area contributed by atoms with Gasteiger partial charge in [-0.15, -0.1) is 11.8 Å². The molecule has 100 valence electrons. The van der Waals surface area contributed by atoms with Crippen molar-refractivity contribution in [3.63, 3.8) is 0 Å². The Morgan fingerprint density at radius 2 is 2.33 bits per heavy atom. The van der Waals surface area contributed by atoms with Crippen LogP contribution in [0, 0.1) is 5.82 Å². The lowest BCUT2D eigenvalue weighted by Gasteiger charge is -2.18. The molecule has 0 saturated carbocycles. The average molecular weight is 269 g/mol. The highest BCUT2D eigenvalue weighted by Gasteiger charge is 2.20. The van der Waals surface area contributed by atoms with Crippen LogP contribution in [0.5, 0.6) is 5.75 Å². The van der Waals surface area contributed by atoms with Gasteiger partial charge in [-0.3, -0.25) is 0 Å². The summed E-state index contributed by atoms with van der Waals surface area (Å²) in [5.74, 6) is 1.08. The minimum absolute atomic E-state index is 0.277. The van der Waals surface area contributed by atoms with Gasteiger partial charge in [0.25, 0.3) is 0 Å². The van der Waals surface area contributed by atoms with E-state index in [0.717, 1.165) is 10.6 Å². The minimum atomic E-state index is -0.277. The van der Waals surface area contributed by atoms with E-state index in [0.29, 0.717) is 11.8 Å². The maximum Gasteiger partial charge on any atom is 0.166 e. The molecule has 4 heteroatoms. The Kier molecular flexibility index (Phi) is 4.89. The third-order valence-corrected chi connectivity index (χ3v) is 4.54. The minimum Gasteiger partial charge on any atom is -0.494 e. The van der Waals surface area contributed by atoms with Gasteiger partial charge < -0.3 is 9.64 Å². The molecule has 0 aromatic heterocycles. The van der Waals surface area contributed by atoms with Crippen molar-refractivity contribution in [1.29, 1.82) is 0 Å². The Bertz CT molecular complexity index is 399. The quantitative estimate of drug-likeness (QED) is 0.760. The van der Waals surface area contributed by atoms with E-state index in [4.69, 9.17) is 4.74 Å². The number of nitrogens with zero attached hydrogens (tertiary/aromatic N) is 1. The first-order valence-corrected chi connectivity index (χ1v) is 7.36. The summed E-state index contributed by atoms with van der Waals surface area (Å²) >= 11 is 1.72. The molecule has 1 aliphatic heterocycles. The third-order valence-electron chi connectivity index (χ3n) is 3.51. The van der Waals surface area contributed by atoms with Gasteiger partial charge in [0, 0.05) is 10.9 Å². The van der Waals surface area contributed by atoms with Gasteiger partial charge in [0.05, 0.1) is 7.11 Å². The first-order chi connectivity index (χ1) is 8.70. The van der Waals surface area contributed by atoms with Crippen molar-refractivity contribution in [2.24, 2.45) is 0 Å². The summed E-state index contributed by atoms with van der Waals surface area (Å²) in [5.41, 5.74) is 0. The second-order valence-electron chi connectivity index (χ2n) is 4.71. The number of thioether (sulfide) groups is 1. The van der Waals surface area contributed by atoms with Crippen LogP contribution in [0.4, 0.5) is 4.39 Å². The molecule has 1 aromatic carbocycles. The van der Waals surface area contributed by atoms with Crippen LogP contribution < -0.4 is 4.74 Å². The molecule has 0 spiro atoms. The van der Waals surface area contributed by atoms with E-state index in [-0.39, 0.29) is 5.82 Å². The van der Waals surface area contributed by atoms with Crippen LogP contribution in [0.3, 0.4) is 0 Å². The fraction of sp³-hybridized carbons (Fsp3) is 0.571. The number of methoxy groups -OCH3 is 1. The molecule has 0 radical (unpaired) electrons. The van der Waals surface area contributed by atoms with E-state index in [2.05, 4.69) is 11.9 Å². The van der Waals surface area contributed by atoms with Crippen molar-refractivity contribution in [2.75, 3.05) is 26.5 Å². The van der Waals surface area contributed by atoms with Gasteiger partial charge in [0.15, 0.2) is 11.6 Å². The molecule has 1 aromatic rings. The first-order valence-electron chi connectivity index (χ1n) is 6.37. The summed E-state index contributed by atoms with van der Waals surface area (Å²) in [5, 5.41) is 0. The largest absolute Gasteiger partial charge is 0.494 e. The van der Waals surface area contributed by atoms with Crippen molar-refractivity contribution in [1.82, 2.24) is 4.90 Å². The second-order valence-corrected chi connectivity index (χ2v) is 5.88. The van der Waals surface area contributed by atoms with Gasteiger partial charge in [-0.2, -0.15) is 0 Å². The molecular formula is C14H20FNOS. The van der Waals surface area contributed by atoms with Gasteiger partial charge in [-0.25, -0.2) is 4.39 Å². The molecule has 1 saturated heterocycles. The van der Waals surface area contributed by atoms with Crippen LogP contribution in [0.1, 0.15) is 19.3 Å². The SMILES string of the molecule is COc1ccc(SCCC2CCCN2C)cc1F. The number of hydrogen-bond donors (Lipinski definition) is 0. The molecule has 1 heterocycles. The molecule has 0 aliphatic carbocycles. The van der Waals surface area contributed by atoms with Gasteiger partial charge in [-0.1, -0.05) is 0 Å². The summed E-state index contributed by atoms with van der Waals surface area (Å²) in [4.78, 5) is 3.41. The van der Waals surface area contributed by atoms with Gasteiger partial charge in [0.2, 0.25) is 0 Å². The Morgan fingerprint density at radius 1 is 1.50 bits per heavy atom. The summed E-state index contributed by atoms with van der Waals surface area (Å²) in [6.07, 6.45) is 3.78. The Balaban J connectivity index is 1.81. The molecule has 1 fully saturated rings. The Morgan fingerprint density at radius 3 is 2.94 bits per heavy atom. The van der Waals surface area contributed by atoms with Crippen molar-refractivity contribution in [2.45, 2.75) is 30.2 Å². The average Bonchev–Trinajstić information content (AvgIpc) is 2.75. The first kappa shape index (κ1) is 13.7. The maximum absolute atomic E-state index is 13.5. The molecular weight excluding hydrogens is 249 g/mol. The number of rotatable bonds is 5. The topological polar surface area (TPSA) is 12.5 Å². The fourth-order valence-corrected chi connectivity index (χ4v) is 3.37. The van der Waals surface area contributed by atoms with E-state index in [1.165, 1.54) is 32.9 Å². The van der Waals surface area contributed by atoms with E-state index in [9.17, 15) is 4.39 Å². The number of ether oxygens (including phenoxy) is 1. The zero-order chi connectivity index (χ0) is 13.0. The van der Waals surface area contributed by atoms with Crippen LogP contribution in [0.2, 0.25) is 0 Å². The molecule has 1 aliphatic rings. The van der Waals surface area contributed by atoms with E-state index in [1.807, 2.05) is 6.07 Å². The van der Waals surface area contributed by atoms with E-state index >= 15 is 0 Å². The van der Waals surface area contributed by atoms with Gasteiger partial charge >= 0.3 is 0 Å². The van der Waals surface area contributed by atoms with Crippen LogP contribution in [0.15, 0.2) is 23.1 Å².